The van der Waals surface area contributed by atoms with E-state index in [1.54, 1.807) is 0 Å². The molecule has 0 amide bonds. The maximum absolute atomic E-state index is 5.85. The van der Waals surface area contributed by atoms with Crippen molar-refractivity contribution in [3.05, 3.63) is 82.9 Å². The maximum atomic E-state index is 5.85. The lowest BCUT2D eigenvalue weighted by Crippen LogP contribution is -2.29. The van der Waals surface area contributed by atoms with Crippen LogP contribution in [0.25, 0.3) is 0 Å². The summed E-state index contributed by atoms with van der Waals surface area (Å²) in [5, 5.41) is 4.31. The van der Waals surface area contributed by atoms with E-state index in [4.69, 9.17) is 12.2 Å². The summed E-state index contributed by atoms with van der Waals surface area (Å²) in [6.07, 6.45) is 1.85. The number of hydrogen-bond donors (Lipinski definition) is 1. The van der Waals surface area contributed by atoms with Gasteiger partial charge in [0, 0.05) is 29.8 Å². The Balaban J connectivity index is 1.84. The second-order valence-electron chi connectivity index (χ2n) is 8.31. The van der Waals surface area contributed by atoms with Gasteiger partial charge in [0.15, 0.2) is 5.11 Å². The maximum Gasteiger partial charge on any atom is 0.174 e. The summed E-state index contributed by atoms with van der Waals surface area (Å²) in [6, 6.07) is 17.2. The predicted octanol–water partition coefficient (Wildman–Crippen LogP) is 5.82. The van der Waals surface area contributed by atoms with Crippen molar-refractivity contribution in [3.63, 3.8) is 0 Å². The van der Waals surface area contributed by atoms with Gasteiger partial charge in [0.2, 0.25) is 0 Å². The molecule has 1 aliphatic rings. The SMILES string of the molecule is CCn1c(C)cc([C@@H]2[C@H](c3ccccn3)NC(=S)N2c2ccc(C(C)C)cc2)c1C. The second-order valence-corrected chi connectivity index (χ2v) is 8.70. The zero-order valence-corrected chi connectivity index (χ0v) is 19.2. The monoisotopic (exact) mass is 418 g/mol. The molecule has 1 aromatic carbocycles. The number of pyridine rings is 1. The predicted molar refractivity (Wildman–Crippen MR) is 128 cm³/mol. The first kappa shape index (κ1) is 20.6. The van der Waals surface area contributed by atoms with Crippen LogP contribution in [0.3, 0.4) is 0 Å². The smallest absolute Gasteiger partial charge is 0.174 e. The highest BCUT2D eigenvalue weighted by Crippen LogP contribution is 2.43. The molecule has 1 aliphatic heterocycles. The van der Waals surface area contributed by atoms with E-state index in [1.807, 2.05) is 18.3 Å². The molecule has 1 fully saturated rings. The molecular formula is C25H30N4S. The lowest BCUT2D eigenvalue weighted by atomic mass is 9.96. The number of aromatic nitrogens is 2. The van der Waals surface area contributed by atoms with E-state index in [2.05, 4.69) is 90.8 Å². The van der Waals surface area contributed by atoms with E-state index < -0.39 is 0 Å². The number of nitrogens with one attached hydrogen (secondary N) is 1. The average Bonchev–Trinajstić information content (AvgIpc) is 3.23. The molecule has 1 N–H and O–H groups in total. The van der Waals surface area contributed by atoms with Gasteiger partial charge in [-0.1, -0.05) is 32.0 Å². The largest absolute Gasteiger partial charge is 0.351 e. The number of anilines is 1. The third kappa shape index (κ3) is 3.52. The Morgan fingerprint density at radius 3 is 2.40 bits per heavy atom. The normalized spacial score (nSPS) is 18.9. The molecule has 0 aliphatic carbocycles. The summed E-state index contributed by atoms with van der Waals surface area (Å²) in [7, 11) is 0. The van der Waals surface area contributed by atoms with Crippen LogP contribution in [-0.2, 0) is 6.54 Å². The number of thiocarbonyl (C=S) groups is 1. The fourth-order valence-corrected chi connectivity index (χ4v) is 4.93. The summed E-state index contributed by atoms with van der Waals surface area (Å²) >= 11 is 5.85. The molecule has 5 heteroatoms. The fraction of sp³-hybridized carbons (Fsp3) is 0.360. The Labute approximate surface area is 184 Å². The Morgan fingerprint density at radius 2 is 1.83 bits per heavy atom. The molecule has 156 valence electrons. The van der Waals surface area contributed by atoms with Gasteiger partial charge in [-0.2, -0.15) is 0 Å². The molecular weight excluding hydrogens is 388 g/mol. The van der Waals surface area contributed by atoms with Crippen LogP contribution in [0.2, 0.25) is 0 Å². The third-order valence-corrected chi connectivity index (χ3v) is 6.50. The zero-order valence-electron chi connectivity index (χ0n) is 18.4. The molecule has 3 heterocycles. The lowest BCUT2D eigenvalue weighted by Gasteiger charge is -2.28. The number of hydrogen-bond acceptors (Lipinski definition) is 2. The number of benzene rings is 1. The van der Waals surface area contributed by atoms with Crippen LogP contribution in [0.5, 0.6) is 0 Å². The molecule has 0 bridgehead atoms. The van der Waals surface area contributed by atoms with Crippen molar-refractivity contribution in [2.75, 3.05) is 4.90 Å². The van der Waals surface area contributed by atoms with Crippen LogP contribution in [0.1, 0.15) is 67.0 Å². The highest BCUT2D eigenvalue weighted by molar-refractivity contribution is 7.80. The van der Waals surface area contributed by atoms with Crippen LogP contribution in [-0.4, -0.2) is 14.7 Å². The second kappa shape index (κ2) is 8.23. The van der Waals surface area contributed by atoms with Crippen molar-refractivity contribution >= 4 is 23.0 Å². The summed E-state index contributed by atoms with van der Waals surface area (Å²) in [4.78, 5) is 6.92. The Morgan fingerprint density at radius 1 is 1.10 bits per heavy atom. The van der Waals surface area contributed by atoms with Gasteiger partial charge < -0.3 is 14.8 Å². The van der Waals surface area contributed by atoms with Gasteiger partial charge in [-0.3, -0.25) is 4.98 Å². The van der Waals surface area contributed by atoms with E-state index in [9.17, 15) is 0 Å². The number of aryl methyl sites for hydroxylation is 1. The number of nitrogens with zero attached hydrogens (tertiary/aromatic N) is 3. The summed E-state index contributed by atoms with van der Waals surface area (Å²) in [6.45, 7) is 12.0. The van der Waals surface area contributed by atoms with Crippen molar-refractivity contribution in [2.24, 2.45) is 0 Å². The lowest BCUT2D eigenvalue weighted by molar-refractivity contribution is 0.563. The van der Waals surface area contributed by atoms with Crippen molar-refractivity contribution < 1.29 is 0 Å². The Bertz CT molecular complexity index is 1040. The first-order valence-corrected chi connectivity index (χ1v) is 11.1. The van der Waals surface area contributed by atoms with E-state index in [1.165, 1.54) is 22.5 Å². The third-order valence-electron chi connectivity index (χ3n) is 6.18. The van der Waals surface area contributed by atoms with Gasteiger partial charge in [-0.25, -0.2) is 0 Å². The van der Waals surface area contributed by atoms with Crippen molar-refractivity contribution in [2.45, 2.75) is 59.2 Å². The van der Waals surface area contributed by atoms with E-state index in [0.29, 0.717) is 5.92 Å². The molecule has 2 aromatic heterocycles. The summed E-state index contributed by atoms with van der Waals surface area (Å²) in [5.74, 6) is 0.503. The van der Waals surface area contributed by atoms with Crippen LogP contribution >= 0.6 is 12.2 Å². The molecule has 0 saturated carbocycles. The molecule has 0 unspecified atom stereocenters. The van der Waals surface area contributed by atoms with E-state index in [-0.39, 0.29) is 12.1 Å². The van der Waals surface area contributed by atoms with Crippen molar-refractivity contribution in [3.8, 4) is 0 Å². The van der Waals surface area contributed by atoms with Crippen molar-refractivity contribution in [1.82, 2.24) is 14.9 Å². The zero-order chi connectivity index (χ0) is 21.4. The molecule has 4 nitrogen and oxygen atoms in total. The fourth-order valence-electron chi connectivity index (χ4n) is 4.58. The molecule has 4 rings (SSSR count). The highest BCUT2D eigenvalue weighted by Gasteiger charge is 2.42. The minimum atomic E-state index is -0.00529. The van der Waals surface area contributed by atoms with Crippen LogP contribution < -0.4 is 10.2 Å². The molecule has 30 heavy (non-hydrogen) atoms. The Kier molecular flexibility index (Phi) is 5.65. The van der Waals surface area contributed by atoms with Gasteiger partial charge in [-0.05, 0) is 80.4 Å². The van der Waals surface area contributed by atoms with Gasteiger partial charge in [0.05, 0.1) is 17.8 Å². The summed E-state index contributed by atoms with van der Waals surface area (Å²) < 4.78 is 2.37. The topological polar surface area (TPSA) is 33.1 Å². The van der Waals surface area contributed by atoms with E-state index in [0.717, 1.165) is 23.0 Å². The van der Waals surface area contributed by atoms with Crippen molar-refractivity contribution in [1.29, 1.82) is 0 Å². The first-order valence-electron chi connectivity index (χ1n) is 10.7. The minimum absolute atomic E-state index is 0.00529. The van der Waals surface area contributed by atoms with Crippen LogP contribution in [0.4, 0.5) is 5.69 Å². The van der Waals surface area contributed by atoms with Gasteiger partial charge in [-0.15, -0.1) is 0 Å². The average molecular weight is 419 g/mol. The van der Waals surface area contributed by atoms with Crippen LogP contribution in [0.15, 0.2) is 54.7 Å². The van der Waals surface area contributed by atoms with Gasteiger partial charge >= 0.3 is 0 Å². The molecule has 0 radical (unpaired) electrons. The Hall–Kier alpha value is -2.66. The van der Waals surface area contributed by atoms with Gasteiger partial charge in [0.1, 0.15) is 0 Å². The highest BCUT2D eigenvalue weighted by atomic mass is 32.1. The first-order chi connectivity index (χ1) is 14.4. The molecule has 2 atom stereocenters. The minimum Gasteiger partial charge on any atom is -0.351 e. The van der Waals surface area contributed by atoms with Crippen LogP contribution in [0, 0.1) is 13.8 Å². The van der Waals surface area contributed by atoms with Gasteiger partial charge in [0.25, 0.3) is 0 Å². The standard InChI is InChI=1S/C25H30N4S/c1-6-28-17(4)15-21(18(28)5)24-23(22-9-7-8-14-26-22)27-25(30)29(24)20-12-10-19(11-13-20)16(2)3/h7-16,23-24H,6H2,1-5H3,(H,27,30)/t23-,24+/m0/s1. The van der Waals surface area contributed by atoms with E-state index >= 15 is 0 Å². The molecule has 1 saturated heterocycles. The molecule has 0 spiro atoms. The number of rotatable bonds is 5. The quantitative estimate of drug-likeness (QED) is 0.529. The molecule has 3 aromatic rings. The summed E-state index contributed by atoms with van der Waals surface area (Å²) in [5.41, 5.74) is 7.31.